The van der Waals surface area contributed by atoms with E-state index < -0.39 is 12.1 Å². The van der Waals surface area contributed by atoms with Crippen LogP contribution in [0, 0.1) is 0 Å². The van der Waals surface area contributed by atoms with Crippen LogP contribution in [0.25, 0.3) is 0 Å². The number of esters is 1. The number of halogens is 1. The molecule has 1 atom stereocenters. The number of ether oxygens (including phenoxy) is 2. The summed E-state index contributed by atoms with van der Waals surface area (Å²) < 4.78 is 12.4. The molecule has 1 amide bonds. The summed E-state index contributed by atoms with van der Waals surface area (Å²) in [5.41, 5.74) is 0.692. The number of nitrogens with one attached hydrogen (secondary N) is 1. The van der Waals surface area contributed by atoms with Gasteiger partial charge in [0.15, 0.2) is 11.9 Å². The smallest absolute Gasteiger partial charge is 0.342 e. The average Bonchev–Trinajstić information content (AvgIpc) is 2.85. The molecular formula is C15H14ClN3O4. The van der Waals surface area contributed by atoms with Gasteiger partial charge in [0.2, 0.25) is 0 Å². The van der Waals surface area contributed by atoms with Crippen molar-refractivity contribution in [2.75, 3.05) is 5.32 Å². The molecule has 2 heterocycles. The molecule has 1 aromatic heterocycles. The van der Waals surface area contributed by atoms with Crippen LogP contribution in [0.3, 0.4) is 0 Å². The third-order valence-corrected chi connectivity index (χ3v) is 3.87. The fourth-order valence-corrected chi connectivity index (χ4v) is 2.30. The van der Waals surface area contributed by atoms with Crippen LogP contribution >= 0.6 is 11.6 Å². The summed E-state index contributed by atoms with van der Waals surface area (Å²) in [5.74, 6) is 0.00759. The molecule has 0 saturated carbocycles. The Bertz CT molecular complexity index is 787. The highest BCUT2D eigenvalue weighted by molar-refractivity contribution is 6.29. The first-order valence-electron chi connectivity index (χ1n) is 6.91. The van der Waals surface area contributed by atoms with Crippen LogP contribution in [-0.4, -0.2) is 27.5 Å². The number of hydrogen-bond acceptors (Lipinski definition) is 5. The van der Waals surface area contributed by atoms with Gasteiger partial charge < -0.3 is 19.4 Å². The van der Waals surface area contributed by atoms with E-state index >= 15 is 0 Å². The second-order valence-corrected chi connectivity index (χ2v) is 5.45. The van der Waals surface area contributed by atoms with Gasteiger partial charge in [-0.2, -0.15) is 0 Å². The summed E-state index contributed by atoms with van der Waals surface area (Å²) in [6, 6.07) is 4.89. The van der Waals surface area contributed by atoms with Gasteiger partial charge in [0.1, 0.15) is 23.1 Å². The van der Waals surface area contributed by atoms with Gasteiger partial charge in [-0.25, -0.2) is 9.78 Å². The molecule has 1 aromatic carbocycles. The molecule has 1 aliphatic heterocycles. The van der Waals surface area contributed by atoms with Crippen molar-refractivity contribution in [1.29, 1.82) is 0 Å². The highest BCUT2D eigenvalue weighted by Crippen LogP contribution is 2.33. The molecule has 8 heteroatoms. The lowest BCUT2D eigenvalue weighted by atomic mass is 10.1. The molecule has 0 saturated heterocycles. The topological polar surface area (TPSA) is 82.4 Å². The quantitative estimate of drug-likeness (QED) is 0.869. The normalized spacial score (nSPS) is 16.3. The summed E-state index contributed by atoms with van der Waals surface area (Å²) in [5, 5.41) is 3.14. The van der Waals surface area contributed by atoms with E-state index in [1.165, 1.54) is 6.20 Å². The van der Waals surface area contributed by atoms with Gasteiger partial charge >= 0.3 is 5.97 Å². The first kappa shape index (κ1) is 15.4. The van der Waals surface area contributed by atoms with E-state index in [1.54, 1.807) is 36.7 Å². The predicted octanol–water partition coefficient (Wildman–Crippen LogP) is 2.15. The minimum Gasteiger partial charge on any atom is -0.478 e. The van der Waals surface area contributed by atoms with E-state index in [-0.39, 0.29) is 18.1 Å². The van der Waals surface area contributed by atoms with Crippen molar-refractivity contribution in [3.63, 3.8) is 0 Å². The van der Waals surface area contributed by atoms with Crippen LogP contribution in [0.4, 0.5) is 5.69 Å². The minimum atomic E-state index is -0.676. The molecule has 1 N–H and O–H groups in total. The zero-order valence-electron chi connectivity index (χ0n) is 12.5. The van der Waals surface area contributed by atoms with Crippen molar-refractivity contribution in [2.24, 2.45) is 7.05 Å². The van der Waals surface area contributed by atoms with Crippen molar-refractivity contribution in [3.05, 3.63) is 40.9 Å². The van der Waals surface area contributed by atoms with Gasteiger partial charge in [0, 0.05) is 7.05 Å². The number of benzene rings is 1. The van der Waals surface area contributed by atoms with Crippen molar-refractivity contribution in [3.8, 4) is 5.75 Å². The van der Waals surface area contributed by atoms with Gasteiger partial charge in [-0.3, -0.25) is 4.79 Å². The molecular weight excluding hydrogens is 322 g/mol. The number of rotatable bonds is 3. The summed E-state index contributed by atoms with van der Waals surface area (Å²) >= 11 is 5.89. The number of fused-ring (bicyclic) bond motifs is 1. The molecule has 0 fully saturated rings. The number of para-hydroxylation sites is 1. The summed E-state index contributed by atoms with van der Waals surface area (Å²) in [6.07, 6.45) is 0.805. The van der Waals surface area contributed by atoms with Crippen LogP contribution in [0.5, 0.6) is 5.75 Å². The van der Waals surface area contributed by atoms with Crippen LogP contribution in [-0.2, 0) is 23.2 Å². The number of carbonyl (C=O) groups excluding carboxylic acids is 2. The lowest BCUT2D eigenvalue weighted by Crippen LogP contribution is -2.35. The molecule has 0 bridgehead atoms. The van der Waals surface area contributed by atoms with E-state index in [0.717, 1.165) is 0 Å². The standard InChI is InChI=1S/C15H14ClN3O4/c1-8-14(20)18-10-5-3-4-9(13(10)23-8)15(21)22-7-12-17-6-11(16)19(12)2/h3-6,8H,7H2,1-2H3,(H,18,20). The molecule has 7 nitrogen and oxygen atoms in total. The van der Waals surface area contributed by atoms with Gasteiger partial charge in [-0.05, 0) is 19.1 Å². The molecule has 120 valence electrons. The molecule has 0 radical (unpaired) electrons. The first-order chi connectivity index (χ1) is 11.0. The summed E-state index contributed by atoms with van der Waals surface area (Å²) in [7, 11) is 1.73. The molecule has 23 heavy (non-hydrogen) atoms. The van der Waals surface area contributed by atoms with Crippen LogP contribution in [0.1, 0.15) is 23.1 Å². The van der Waals surface area contributed by atoms with Crippen molar-refractivity contribution in [1.82, 2.24) is 9.55 Å². The Morgan fingerprint density at radius 1 is 1.52 bits per heavy atom. The zero-order valence-corrected chi connectivity index (χ0v) is 13.3. The van der Waals surface area contributed by atoms with Gasteiger partial charge in [0.25, 0.3) is 5.91 Å². The van der Waals surface area contributed by atoms with Crippen molar-refractivity contribution >= 4 is 29.2 Å². The van der Waals surface area contributed by atoms with Crippen molar-refractivity contribution in [2.45, 2.75) is 19.6 Å². The molecule has 2 aromatic rings. The maximum atomic E-state index is 12.3. The molecule has 1 unspecified atom stereocenters. The van der Waals surface area contributed by atoms with Gasteiger partial charge in [0.05, 0.1) is 11.9 Å². The Morgan fingerprint density at radius 2 is 2.30 bits per heavy atom. The SMILES string of the molecule is CC1Oc2c(cccc2C(=O)OCc2ncc(Cl)n2C)NC1=O. The van der Waals surface area contributed by atoms with Gasteiger partial charge in [-0.15, -0.1) is 0 Å². The Labute approximate surface area is 137 Å². The number of hydrogen-bond donors (Lipinski definition) is 1. The molecule has 1 aliphatic rings. The number of anilines is 1. The lowest BCUT2D eigenvalue weighted by molar-refractivity contribution is -0.122. The largest absolute Gasteiger partial charge is 0.478 e. The Balaban J connectivity index is 1.79. The van der Waals surface area contributed by atoms with Crippen LogP contribution < -0.4 is 10.1 Å². The highest BCUT2D eigenvalue weighted by Gasteiger charge is 2.28. The third kappa shape index (κ3) is 2.87. The summed E-state index contributed by atoms with van der Waals surface area (Å²) in [4.78, 5) is 28.0. The third-order valence-electron chi connectivity index (χ3n) is 3.52. The van der Waals surface area contributed by atoms with Gasteiger partial charge in [-0.1, -0.05) is 17.7 Å². The number of carbonyl (C=O) groups is 2. The average molecular weight is 336 g/mol. The Morgan fingerprint density at radius 3 is 3.00 bits per heavy atom. The lowest BCUT2D eigenvalue weighted by Gasteiger charge is -2.24. The second kappa shape index (κ2) is 5.92. The van der Waals surface area contributed by atoms with E-state index in [2.05, 4.69) is 10.3 Å². The molecule has 0 aliphatic carbocycles. The predicted molar refractivity (Wildman–Crippen MR) is 82.5 cm³/mol. The first-order valence-corrected chi connectivity index (χ1v) is 7.29. The molecule has 0 spiro atoms. The summed E-state index contributed by atoms with van der Waals surface area (Å²) in [6.45, 7) is 1.59. The molecule has 3 rings (SSSR count). The monoisotopic (exact) mass is 335 g/mol. The van der Waals surface area contributed by atoms with Crippen LogP contribution in [0.2, 0.25) is 5.15 Å². The second-order valence-electron chi connectivity index (χ2n) is 5.06. The maximum Gasteiger partial charge on any atom is 0.342 e. The number of aromatic nitrogens is 2. The van der Waals surface area contributed by atoms with E-state index in [9.17, 15) is 9.59 Å². The Kier molecular flexibility index (Phi) is 3.96. The zero-order chi connectivity index (χ0) is 16.6. The fraction of sp³-hybridized carbons (Fsp3) is 0.267. The number of amides is 1. The van der Waals surface area contributed by atoms with Crippen molar-refractivity contribution < 1.29 is 19.1 Å². The Hall–Kier alpha value is -2.54. The highest BCUT2D eigenvalue weighted by atomic mass is 35.5. The van der Waals surface area contributed by atoms with E-state index in [1.807, 2.05) is 0 Å². The van der Waals surface area contributed by atoms with E-state index in [4.69, 9.17) is 21.1 Å². The van der Waals surface area contributed by atoms with E-state index in [0.29, 0.717) is 22.4 Å². The fourth-order valence-electron chi connectivity index (χ4n) is 2.15. The maximum absolute atomic E-state index is 12.3. The van der Waals surface area contributed by atoms with Crippen LogP contribution in [0.15, 0.2) is 24.4 Å². The minimum absolute atomic E-state index is 0.0202. The number of imidazole rings is 1. The number of nitrogens with zero attached hydrogens (tertiary/aromatic N) is 2.